The van der Waals surface area contributed by atoms with E-state index in [4.69, 9.17) is 20.3 Å². The summed E-state index contributed by atoms with van der Waals surface area (Å²) >= 11 is 0. The van der Waals surface area contributed by atoms with Gasteiger partial charge in [0.15, 0.2) is 6.61 Å². The molecule has 0 unspecified atom stereocenters. The zero-order valence-corrected chi connectivity index (χ0v) is 18.3. The van der Waals surface area contributed by atoms with Crippen LogP contribution in [0.15, 0.2) is 23.0 Å². The fraction of sp³-hybridized carbons (Fsp3) is 0.524. The summed E-state index contributed by atoms with van der Waals surface area (Å²) in [5, 5.41) is 9.93. The molecular formula is C21H31ClN2O5. The number of ether oxygens (including phenoxy) is 2. The first kappa shape index (κ1) is 24.8. The summed E-state index contributed by atoms with van der Waals surface area (Å²) in [6.07, 6.45) is 1.85. The van der Waals surface area contributed by atoms with Crippen molar-refractivity contribution in [3.05, 3.63) is 34.2 Å². The van der Waals surface area contributed by atoms with Crippen molar-refractivity contribution in [2.45, 2.75) is 53.6 Å². The number of carboxylic acids is 1. The van der Waals surface area contributed by atoms with Gasteiger partial charge in [0.1, 0.15) is 11.5 Å². The van der Waals surface area contributed by atoms with Crippen molar-refractivity contribution >= 4 is 29.1 Å². The number of aromatic nitrogens is 1. The quantitative estimate of drug-likeness (QED) is 0.594. The monoisotopic (exact) mass is 426 g/mol. The number of carbonyl (C=O) groups is 1. The molecule has 1 heterocycles. The van der Waals surface area contributed by atoms with Crippen LogP contribution in [-0.4, -0.2) is 28.9 Å². The minimum atomic E-state index is -1.07. The molecule has 2 rings (SSSR count). The van der Waals surface area contributed by atoms with Crippen LogP contribution in [0.3, 0.4) is 0 Å². The molecule has 0 aliphatic heterocycles. The molecule has 0 saturated carbocycles. The molecule has 29 heavy (non-hydrogen) atoms. The van der Waals surface area contributed by atoms with E-state index < -0.39 is 12.6 Å². The van der Waals surface area contributed by atoms with Crippen molar-refractivity contribution in [3.8, 4) is 11.5 Å². The van der Waals surface area contributed by atoms with E-state index in [0.717, 1.165) is 12.8 Å². The van der Waals surface area contributed by atoms with E-state index in [0.29, 0.717) is 41.1 Å². The van der Waals surface area contributed by atoms with Crippen molar-refractivity contribution in [1.29, 1.82) is 0 Å². The first-order valence-electron chi connectivity index (χ1n) is 9.54. The average Bonchev–Trinajstić information content (AvgIpc) is 2.62. The van der Waals surface area contributed by atoms with Crippen molar-refractivity contribution in [1.82, 2.24) is 4.57 Å². The van der Waals surface area contributed by atoms with Gasteiger partial charge in [-0.3, -0.25) is 4.79 Å². The molecular weight excluding hydrogens is 396 g/mol. The van der Waals surface area contributed by atoms with Crippen molar-refractivity contribution in [3.63, 3.8) is 0 Å². The highest BCUT2D eigenvalue weighted by Gasteiger charge is 2.21. The van der Waals surface area contributed by atoms with E-state index in [2.05, 4.69) is 27.7 Å². The molecule has 0 radical (unpaired) electrons. The number of pyridine rings is 1. The van der Waals surface area contributed by atoms with Crippen molar-refractivity contribution in [2.24, 2.45) is 11.1 Å². The molecule has 0 amide bonds. The third kappa shape index (κ3) is 6.37. The summed E-state index contributed by atoms with van der Waals surface area (Å²) in [6.45, 7) is 8.97. The lowest BCUT2D eigenvalue weighted by Crippen LogP contribution is -2.31. The van der Waals surface area contributed by atoms with Gasteiger partial charge in [-0.2, -0.15) is 0 Å². The van der Waals surface area contributed by atoms with Crippen LogP contribution in [0.5, 0.6) is 11.5 Å². The van der Waals surface area contributed by atoms with E-state index >= 15 is 0 Å². The number of rotatable bonds is 9. The number of nitrogens with two attached hydrogens (primary N) is 1. The SMILES string of the molecule is CCCCOc1c(CN)n(CC(C)(C)C)c(=O)c2ccc(OCC(=O)O)cc12.Cl. The van der Waals surface area contributed by atoms with Crippen LogP contribution in [0.1, 0.15) is 46.2 Å². The normalized spacial score (nSPS) is 11.2. The van der Waals surface area contributed by atoms with Crippen LogP contribution in [-0.2, 0) is 17.9 Å². The van der Waals surface area contributed by atoms with Gasteiger partial charge in [0, 0.05) is 18.5 Å². The number of nitrogens with zero attached hydrogens (tertiary/aromatic N) is 1. The second kappa shape index (κ2) is 10.5. The highest BCUT2D eigenvalue weighted by molar-refractivity contribution is 5.89. The van der Waals surface area contributed by atoms with Gasteiger partial charge in [-0.1, -0.05) is 34.1 Å². The van der Waals surface area contributed by atoms with Gasteiger partial charge in [0.25, 0.3) is 5.56 Å². The topological polar surface area (TPSA) is 104 Å². The molecule has 2 aromatic rings. The summed E-state index contributed by atoms with van der Waals surface area (Å²) in [6, 6.07) is 4.91. The van der Waals surface area contributed by atoms with Crippen LogP contribution in [0.25, 0.3) is 10.8 Å². The second-order valence-electron chi connectivity index (χ2n) is 8.02. The lowest BCUT2D eigenvalue weighted by atomic mass is 9.96. The second-order valence-corrected chi connectivity index (χ2v) is 8.02. The van der Waals surface area contributed by atoms with Gasteiger partial charge in [0.05, 0.1) is 17.7 Å². The summed E-state index contributed by atoms with van der Waals surface area (Å²) in [4.78, 5) is 24.0. The molecule has 0 aliphatic rings. The van der Waals surface area contributed by atoms with Crippen molar-refractivity contribution < 1.29 is 19.4 Å². The molecule has 0 saturated heterocycles. The summed E-state index contributed by atoms with van der Waals surface area (Å²) in [5.41, 5.74) is 6.40. The van der Waals surface area contributed by atoms with Crippen LogP contribution in [0.4, 0.5) is 0 Å². The molecule has 0 aliphatic carbocycles. The third-order valence-electron chi connectivity index (χ3n) is 4.23. The van der Waals surface area contributed by atoms with E-state index in [1.165, 1.54) is 0 Å². The predicted octanol–water partition coefficient (Wildman–Crippen LogP) is 3.57. The van der Waals surface area contributed by atoms with E-state index in [1.54, 1.807) is 22.8 Å². The van der Waals surface area contributed by atoms with Crippen LogP contribution in [0.2, 0.25) is 0 Å². The molecule has 1 aromatic heterocycles. The number of hydrogen-bond donors (Lipinski definition) is 2. The van der Waals surface area contributed by atoms with Gasteiger partial charge >= 0.3 is 5.97 Å². The Labute approximate surface area is 177 Å². The third-order valence-corrected chi connectivity index (χ3v) is 4.23. The molecule has 0 fully saturated rings. The number of fused-ring (bicyclic) bond motifs is 1. The standard InChI is InChI=1S/C21H30N2O5.ClH/c1-5-6-9-27-19-16-10-14(28-12-18(24)25)7-8-15(16)20(26)23(17(19)11-22)13-21(2,3)4;/h7-8,10H,5-6,9,11-13,22H2,1-4H3,(H,24,25);1H. The lowest BCUT2D eigenvalue weighted by molar-refractivity contribution is -0.139. The number of hydrogen-bond acceptors (Lipinski definition) is 5. The first-order valence-corrected chi connectivity index (χ1v) is 9.54. The Balaban J connectivity index is 0.00000420. The smallest absolute Gasteiger partial charge is 0.341 e. The molecule has 0 spiro atoms. The van der Waals surface area contributed by atoms with E-state index in [1.807, 2.05) is 0 Å². The predicted molar refractivity (Wildman–Crippen MR) is 116 cm³/mol. The Morgan fingerprint density at radius 1 is 1.21 bits per heavy atom. The minimum absolute atomic E-state index is 0. The highest BCUT2D eigenvalue weighted by Crippen LogP contribution is 2.32. The molecule has 8 heteroatoms. The summed E-state index contributed by atoms with van der Waals surface area (Å²) in [5.74, 6) is -0.135. The Hall–Kier alpha value is -2.25. The summed E-state index contributed by atoms with van der Waals surface area (Å²) < 4.78 is 13.0. The van der Waals surface area contributed by atoms with Crippen molar-refractivity contribution in [2.75, 3.05) is 13.2 Å². The molecule has 3 N–H and O–H groups in total. The average molecular weight is 427 g/mol. The Morgan fingerprint density at radius 2 is 1.90 bits per heavy atom. The fourth-order valence-electron chi connectivity index (χ4n) is 3.00. The molecule has 162 valence electrons. The van der Waals surface area contributed by atoms with Gasteiger partial charge in [-0.05, 0) is 30.0 Å². The van der Waals surface area contributed by atoms with Crippen LogP contribution >= 0.6 is 12.4 Å². The summed E-state index contributed by atoms with van der Waals surface area (Å²) in [7, 11) is 0. The maximum Gasteiger partial charge on any atom is 0.341 e. The molecule has 1 aromatic carbocycles. The Morgan fingerprint density at radius 3 is 2.45 bits per heavy atom. The minimum Gasteiger partial charge on any atom is -0.491 e. The number of aliphatic carboxylic acids is 1. The van der Waals surface area contributed by atoms with Gasteiger partial charge in [-0.15, -0.1) is 12.4 Å². The number of benzene rings is 1. The van der Waals surface area contributed by atoms with Gasteiger partial charge in [-0.25, -0.2) is 4.79 Å². The molecule has 0 bridgehead atoms. The van der Waals surface area contributed by atoms with Gasteiger partial charge < -0.3 is 24.9 Å². The number of halogens is 1. The fourth-order valence-corrected chi connectivity index (χ4v) is 3.00. The molecule has 0 atom stereocenters. The van der Waals surface area contributed by atoms with Gasteiger partial charge in [0.2, 0.25) is 0 Å². The molecule has 7 nitrogen and oxygen atoms in total. The Kier molecular flexibility index (Phi) is 8.98. The highest BCUT2D eigenvalue weighted by atomic mass is 35.5. The maximum atomic E-state index is 13.2. The van der Waals surface area contributed by atoms with E-state index in [-0.39, 0.29) is 29.9 Å². The maximum absolute atomic E-state index is 13.2. The Bertz CT molecular complexity index is 903. The van der Waals surface area contributed by atoms with Crippen LogP contribution in [0, 0.1) is 5.41 Å². The zero-order valence-electron chi connectivity index (χ0n) is 17.5. The van der Waals surface area contributed by atoms with E-state index in [9.17, 15) is 9.59 Å². The largest absolute Gasteiger partial charge is 0.491 e. The number of unbranched alkanes of at least 4 members (excludes halogenated alkanes) is 1. The lowest BCUT2D eigenvalue weighted by Gasteiger charge is -2.25. The first-order chi connectivity index (χ1) is 13.2. The number of carboxylic acid groups (broad SMARTS) is 1. The zero-order chi connectivity index (χ0) is 20.9. The van der Waals surface area contributed by atoms with Crippen LogP contribution < -0.4 is 20.8 Å².